The van der Waals surface area contributed by atoms with Gasteiger partial charge in [-0.2, -0.15) is 0 Å². The average molecular weight is 339 g/mol. The van der Waals surface area contributed by atoms with Gasteiger partial charge in [-0.15, -0.1) is 0 Å². The summed E-state index contributed by atoms with van der Waals surface area (Å²) in [6.07, 6.45) is 0. The summed E-state index contributed by atoms with van der Waals surface area (Å²) in [7, 11) is 0. The first-order valence-corrected chi connectivity index (χ1v) is 7.47. The quantitative estimate of drug-likeness (QED) is 0.801. The van der Waals surface area contributed by atoms with Crippen molar-refractivity contribution in [2.24, 2.45) is 0 Å². The molecule has 0 saturated heterocycles. The van der Waals surface area contributed by atoms with Crippen molar-refractivity contribution in [3.8, 4) is 0 Å². The standard InChI is InChI=1S/C16H17BrClN/c1-11-6-7-14(16(17)8-11)10-19-12(2)13-4-3-5-15(18)9-13/h3-9,12,19H,10H2,1-2H3/t12-/m1/s1. The predicted octanol–water partition coefficient (Wildman–Crippen LogP) is 5.26. The summed E-state index contributed by atoms with van der Waals surface area (Å²) in [6, 6.07) is 14.7. The van der Waals surface area contributed by atoms with E-state index in [0.717, 1.165) is 16.0 Å². The van der Waals surface area contributed by atoms with Gasteiger partial charge in [0.05, 0.1) is 0 Å². The number of hydrogen-bond acceptors (Lipinski definition) is 1. The van der Waals surface area contributed by atoms with Crippen LogP contribution >= 0.6 is 27.5 Å². The molecule has 0 amide bonds. The van der Waals surface area contributed by atoms with E-state index in [0.29, 0.717) is 0 Å². The highest BCUT2D eigenvalue weighted by molar-refractivity contribution is 9.10. The van der Waals surface area contributed by atoms with Gasteiger partial charge in [0.15, 0.2) is 0 Å². The number of hydrogen-bond donors (Lipinski definition) is 1. The molecule has 0 aliphatic carbocycles. The van der Waals surface area contributed by atoms with Crippen molar-refractivity contribution < 1.29 is 0 Å². The van der Waals surface area contributed by atoms with E-state index in [1.165, 1.54) is 16.7 Å². The largest absolute Gasteiger partial charge is 0.306 e. The molecule has 0 fully saturated rings. The second-order valence-corrected chi connectivity index (χ2v) is 6.04. The van der Waals surface area contributed by atoms with E-state index in [2.05, 4.69) is 59.4 Å². The first kappa shape index (κ1) is 14.6. The molecule has 0 bridgehead atoms. The molecule has 1 atom stereocenters. The molecule has 0 aliphatic rings. The Hall–Kier alpha value is -0.830. The van der Waals surface area contributed by atoms with Gasteiger partial charge in [-0.1, -0.05) is 51.8 Å². The zero-order valence-electron chi connectivity index (χ0n) is 11.1. The van der Waals surface area contributed by atoms with Crippen LogP contribution in [0.5, 0.6) is 0 Å². The summed E-state index contributed by atoms with van der Waals surface area (Å²) in [5.74, 6) is 0. The molecule has 19 heavy (non-hydrogen) atoms. The highest BCUT2D eigenvalue weighted by atomic mass is 79.9. The maximum absolute atomic E-state index is 6.01. The number of aryl methyl sites for hydroxylation is 1. The van der Waals surface area contributed by atoms with Gasteiger partial charge in [0, 0.05) is 22.1 Å². The summed E-state index contributed by atoms with van der Waals surface area (Å²) in [5, 5.41) is 4.29. The van der Waals surface area contributed by atoms with Crippen LogP contribution in [0.15, 0.2) is 46.9 Å². The Labute approximate surface area is 128 Å². The molecule has 0 heterocycles. The summed E-state index contributed by atoms with van der Waals surface area (Å²) in [5.41, 5.74) is 3.73. The van der Waals surface area contributed by atoms with Crippen molar-refractivity contribution in [3.05, 3.63) is 68.7 Å². The summed E-state index contributed by atoms with van der Waals surface area (Å²) >= 11 is 9.62. The molecule has 0 aromatic heterocycles. The highest BCUT2D eigenvalue weighted by Crippen LogP contribution is 2.21. The van der Waals surface area contributed by atoms with E-state index in [1.807, 2.05) is 18.2 Å². The minimum absolute atomic E-state index is 0.270. The predicted molar refractivity (Wildman–Crippen MR) is 85.6 cm³/mol. The van der Waals surface area contributed by atoms with Crippen LogP contribution in [0, 0.1) is 6.92 Å². The Morgan fingerprint density at radius 3 is 2.68 bits per heavy atom. The van der Waals surface area contributed by atoms with Gasteiger partial charge in [-0.05, 0) is 48.7 Å². The van der Waals surface area contributed by atoms with E-state index >= 15 is 0 Å². The van der Waals surface area contributed by atoms with Gasteiger partial charge in [0.2, 0.25) is 0 Å². The van der Waals surface area contributed by atoms with E-state index in [-0.39, 0.29) is 6.04 Å². The fraction of sp³-hybridized carbons (Fsp3) is 0.250. The molecule has 2 aromatic rings. The third-order valence-electron chi connectivity index (χ3n) is 3.16. The number of halogens is 2. The minimum atomic E-state index is 0.270. The van der Waals surface area contributed by atoms with Crippen LogP contribution in [0.25, 0.3) is 0 Å². The fourth-order valence-corrected chi connectivity index (χ4v) is 2.78. The lowest BCUT2D eigenvalue weighted by Gasteiger charge is -2.15. The molecule has 3 heteroatoms. The fourth-order valence-electron chi connectivity index (χ4n) is 1.95. The van der Waals surface area contributed by atoms with Crippen molar-refractivity contribution in [1.82, 2.24) is 5.32 Å². The Bertz CT molecular complexity index is 568. The van der Waals surface area contributed by atoms with Crippen molar-refractivity contribution in [2.45, 2.75) is 26.4 Å². The Morgan fingerprint density at radius 2 is 2.00 bits per heavy atom. The lowest BCUT2D eigenvalue weighted by Crippen LogP contribution is -2.18. The molecular weight excluding hydrogens is 322 g/mol. The van der Waals surface area contributed by atoms with Crippen LogP contribution in [0.2, 0.25) is 5.02 Å². The molecule has 0 spiro atoms. The maximum Gasteiger partial charge on any atom is 0.0409 e. The van der Waals surface area contributed by atoms with Crippen molar-refractivity contribution in [1.29, 1.82) is 0 Å². The van der Waals surface area contributed by atoms with E-state index in [1.54, 1.807) is 0 Å². The lowest BCUT2D eigenvalue weighted by molar-refractivity contribution is 0.574. The van der Waals surface area contributed by atoms with Crippen molar-refractivity contribution in [3.63, 3.8) is 0 Å². The molecular formula is C16H17BrClN. The molecule has 100 valence electrons. The summed E-state index contributed by atoms with van der Waals surface area (Å²) in [4.78, 5) is 0. The molecule has 2 aromatic carbocycles. The molecule has 1 N–H and O–H groups in total. The highest BCUT2D eigenvalue weighted by Gasteiger charge is 2.06. The van der Waals surface area contributed by atoms with E-state index in [4.69, 9.17) is 11.6 Å². The molecule has 0 aliphatic heterocycles. The van der Waals surface area contributed by atoms with Crippen LogP contribution in [0.3, 0.4) is 0 Å². The van der Waals surface area contributed by atoms with Gasteiger partial charge in [-0.3, -0.25) is 0 Å². The average Bonchev–Trinajstić information content (AvgIpc) is 2.37. The number of benzene rings is 2. The zero-order chi connectivity index (χ0) is 13.8. The van der Waals surface area contributed by atoms with Gasteiger partial charge >= 0.3 is 0 Å². The molecule has 1 nitrogen and oxygen atoms in total. The van der Waals surface area contributed by atoms with E-state index in [9.17, 15) is 0 Å². The second kappa shape index (κ2) is 6.56. The second-order valence-electron chi connectivity index (χ2n) is 4.75. The third-order valence-corrected chi connectivity index (χ3v) is 4.13. The van der Waals surface area contributed by atoms with Crippen molar-refractivity contribution in [2.75, 3.05) is 0 Å². The van der Waals surface area contributed by atoms with Crippen LogP contribution in [-0.2, 0) is 6.54 Å². The van der Waals surface area contributed by atoms with Crippen LogP contribution in [0.1, 0.15) is 29.7 Å². The smallest absolute Gasteiger partial charge is 0.0409 e. The molecule has 0 unspecified atom stereocenters. The van der Waals surface area contributed by atoms with Gasteiger partial charge in [0.1, 0.15) is 0 Å². The lowest BCUT2D eigenvalue weighted by atomic mass is 10.1. The third kappa shape index (κ3) is 4.07. The van der Waals surface area contributed by atoms with Crippen LogP contribution < -0.4 is 5.32 Å². The SMILES string of the molecule is Cc1ccc(CN[C@H](C)c2cccc(Cl)c2)c(Br)c1. The topological polar surface area (TPSA) is 12.0 Å². The Morgan fingerprint density at radius 1 is 1.21 bits per heavy atom. The first-order chi connectivity index (χ1) is 9.06. The Kier molecular flexibility index (Phi) is 5.03. The minimum Gasteiger partial charge on any atom is -0.306 e. The van der Waals surface area contributed by atoms with Crippen LogP contribution in [-0.4, -0.2) is 0 Å². The summed E-state index contributed by atoms with van der Waals surface area (Å²) < 4.78 is 1.15. The van der Waals surface area contributed by atoms with Gasteiger partial charge in [0.25, 0.3) is 0 Å². The monoisotopic (exact) mass is 337 g/mol. The number of rotatable bonds is 4. The summed E-state index contributed by atoms with van der Waals surface area (Å²) in [6.45, 7) is 5.07. The molecule has 2 rings (SSSR count). The normalized spacial score (nSPS) is 12.4. The molecule has 0 radical (unpaired) electrons. The first-order valence-electron chi connectivity index (χ1n) is 6.30. The van der Waals surface area contributed by atoms with E-state index < -0.39 is 0 Å². The molecule has 0 saturated carbocycles. The maximum atomic E-state index is 6.01. The van der Waals surface area contributed by atoms with Gasteiger partial charge < -0.3 is 5.32 Å². The van der Waals surface area contributed by atoms with Crippen LogP contribution in [0.4, 0.5) is 0 Å². The zero-order valence-corrected chi connectivity index (χ0v) is 13.4. The van der Waals surface area contributed by atoms with Gasteiger partial charge in [-0.25, -0.2) is 0 Å². The Balaban J connectivity index is 2.02. The number of nitrogens with one attached hydrogen (secondary N) is 1. The van der Waals surface area contributed by atoms with Crippen molar-refractivity contribution >= 4 is 27.5 Å².